The second-order valence-electron chi connectivity index (χ2n) is 3.56. The predicted octanol–water partition coefficient (Wildman–Crippen LogP) is 2.94. The maximum Gasteiger partial charge on any atom is 0.252 e. The quantitative estimate of drug-likeness (QED) is 0.795. The lowest BCUT2D eigenvalue weighted by Crippen LogP contribution is -2.30. The molecule has 0 aliphatic heterocycles. The van der Waals surface area contributed by atoms with Crippen molar-refractivity contribution in [3.8, 4) is 0 Å². The molecule has 3 heteroatoms. The standard InChI is InChI=1S/C12H17NOS/c1-4-15-11-8-6-5-7-10(11)12(14)13-9(2)3/h5-9H,4H2,1-3H3,(H,13,14). The van der Waals surface area contributed by atoms with Gasteiger partial charge in [-0.1, -0.05) is 19.1 Å². The predicted molar refractivity (Wildman–Crippen MR) is 65.4 cm³/mol. The summed E-state index contributed by atoms with van der Waals surface area (Å²) in [6, 6.07) is 7.90. The molecular weight excluding hydrogens is 206 g/mol. The van der Waals surface area contributed by atoms with E-state index in [1.54, 1.807) is 11.8 Å². The van der Waals surface area contributed by atoms with Crippen LogP contribution < -0.4 is 5.32 Å². The molecule has 1 rings (SSSR count). The van der Waals surface area contributed by atoms with E-state index in [-0.39, 0.29) is 11.9 Å². The molecule has 0 radical (unpaired) electrons. The fourth-order valence-corrected chi connectivity index (χ4v) is 2.08. The van der Waals surface area contributed by atoms with Crippen molar-refractivity contribution in [1.29, 1.82) is 0 Å². The van der Waals surface area contributed by atoms with E-state index in [0.717, 1.165) is 16.2 Å². The Kier molecular flexibility index (Phi) is 4.69. The second-order valence-corrected chi connectivity index (χ2v) is 4.86. The van der Waals surface area contributed by atoms with Gasteiger partial charge in [-0.05, 0) is 31.7 Å². The SMILES string of the molecule is CCSc1ccccc1C(=O)NC(C)C. The highest BCUT2D eigenvalue weighted by atomic mass is 32.2. The van der Waals surface area contributed by atoms with E-state index < -0.39 is 0 Å². The summed E-state index contributed by atoms with van der Waals surface area (Å²) in [6.45, 7) is 6.02. The van der Waals surface area contributed by atoms with E-state index in [2.05, 4.69) is 12.2 Å². The molecule has 0 atom stereocenters. The topological polar surface area (TPSA) is 29.1 Å². The summed E-state index contributed by atoms with van der Waals surface area (Å²) in [4.78, 5) is 12.9. The van der Waals surface area contributed by atoms with Crippen LogP contribution in [-0.4, -0.2) is 17.7 Å². The van der Waals surface area contributed by atoms with Gasteiger partial charge in [-0.3, -0.25) is 4.79 Å². The lowest BCUT2D eigenvalue weighted by molar-refractivity contribution is 0.0940. The van der Waals surface area contributed by atoms with Crippen LogP contribution in [0.15, 0.2) is 29.2 Å². The van der Waals surface area contributed by atoms with Gasteiger partial charge in [-0.15, -0.1) is 11.8 Å². The molecule has 0 bridgehead atoms. The number of nitrogens with one attached hydrogen (secondary N) is 1. The summed E-state index contributed by atoms with van der Waals surface area (Å²) in [6.07, 6.45) is 0. The Bertz CT molecular complexity index is 336. The van der Waals surface area contributed by atoms with Crippen LogP contribution in [0.5, 0.6) is 0 Å². The Morgan fingerprint density at radius 1 is 1.40 bits per heavy atom. The molecule has 1 aromatic rings. The third-order valence-electron chi connectivity index (χ3n) is 1.85. The maximum atomic E-state index is 11.8. The summed E-state index contributed by atoms with van der Waals surface area (Å²) in [5.74, 6) is 0.993. The summed E-state index contributed by atoms with van der Waals surface area (Å²) in [5, 5.41) is 2.91. The highest BCUT2D eigenvalue weighted by Crippen LogP contribution is 2.22. The molecule has 1 aromatic carbocycles. The third kappa shape index (κ3) is 3.59. The first-order valence-electron chi connectivity index (χ1n) is 5.17. The molecule has 0 saturated heterocycles. The molecule has 0 fully saturated rings. The number of benzene rings is 1. The molecule has 0 aliphatic rings. The van der Waals surface area contributed by atoms with Gasteiger partial charge in [0.05, 0.1) is 5.56 Å². The maximum absolute atomic E-state index is 11.8. The third-order valence-corrected chi connectivity index (χ3v) is 2.81. The van der Waals surface area contributed by atoms with Gasteiger partial charge in [-0.2, -0.15) is 0 Å². The summed E-state index contributed by atoms with van der Waals surface area (Å²) < 4.78 is 0. The zero-order valence-corrected chi connectivity index (χ0v) is 10.2. The van der Waals surface area contributed by atoms with Gasteiger partial charge in [-0.25, -0.2) is 0 Å². The molecule has 1 amide bonds. The number of rotatable bonds is 4. The van der Waals surface area contributed by atoms with E-state index in [0.29, 0.717) is 0 Å². The molecule has 15 heavy (non-hydrogen) atoms. The highest BCUT2D eigenvalue weighted by Gasteiger charge is 2.10. The van der Waals surface area contributed by atoms with E-state index in [9.17, 15) is 4.79 Å². The molecule has 0 aliphatic carbocycles. The van der Waals surface area contributed by atoms with Crippen LogP contribution in [0.4, 0.5) is 0 Å². The van der Waals surface area contributed by atoms with E-state index >= 15 is 0 Å². The average molecular weight is 223 g/mol. The van der Waals surface area contributed by atoms with Gasteiger partial charge in [0.25, 0.3) is 5.91 Å². The molecule has 2 nitrogen and oxygen atoms in total. The fourth-order valence-electron chi connectivity index (χ4n) is 1.28. The van der Waals surface area contributed by atoms with Crippen molar-refractivity contribution in [2.75, 3.05) is 5.75 Å². The Morgan fingerprint density at radius 2 is 2.07 bits per heavy atom. The molecule has 0 saturated carbocycles. The van der Waals surface area contributed by atoms with Gasteiger partial charge in [0.2, 0.25) is 0 Å². The lowest BCUT2D eigenvalue weighted by atomic mass is 10.2. The monoisotopic (exact) mass is 223 g/mol. The lowest BCUT2D eigenvalue weighted by Gasteiger charge is -2.11. The van der Waals surface area contributed by atoms with Crippen molar-refractivity contribution >= 4 is 17.7 Å². The van der Waals surface area contributed by atoms with Crippen LogP contribution in [0.3, 0.4) is 0 Å². The van der Waals surface area contributed by atoms with E-state index in [1.165, 1.54) is 0 Å². The van der Waals surface area contributed by atoms with E-state index in [1.807, 2.05) is 38.1 Å². The van der Waals surface area contributed by atoms with Crippen LogP contribution in [0.1, 0.15) is 31.1 Å². The average Bonchev–Trinajstić information content (AvgIpc) is 2.18. The van der Waals surface area contributed by atoms with Crippen molar-refractivity contribution in [2.45, 2.75) is 31.7 Å². The molecular formula is C12H17NOS. The van der Waals surface area contributed by atoms with Gasteiger partial charge in [0, 0.05) is 10.9 Å². The molecule has 0 aromatic heterocycles. The smallest absolute Gasteiger partial charge is 0.252 e. The number of carbonyl (C=O) groups is 1. The minimum Gasteiger partial charge on any atom is -0.350 e. The van der Waals surface area contributed by atoms with Crippen molar-refractivity contribution < 1.29 is 4.79 Å². The second kappa shape index (κ2) is 5.81. The molecule has 0 spiro atoms. The zero-order chi connectivity index (χ0) is 11.3. The fraction of sp³-hybridized carbons (Fsp3) is 0.417. The van der Waals surface area contributed by atoms with Crippen molar-refractivity contribution in [3.63, 3.8) is 0 Å². The first kappa shape index (κ1) is 12.1. The number of hydrogen-bond acceptors (Lipinski definition) is 2. The number of thioether (sulfide) groups is 1. The van der Waals surface area contributed by atoms with Crippen LogP contribution in [0.2, 0.25) is 0 Å². The normalized spacial score (nSPS) is 10.4. The summed E-state index contributed by atoms with van der Waals surface area (Å²) in [5.41, 5.74) is 0.776. The molecule has 1 N–H and O–H groups in total. The highest BCUT2D eigenvalue weighted by molar-refractivity contribution is 7.99. The Labute approximate surface area is 95.5 Å². The van der Waals surface area contributed by atoms with Crippen molar-refractivity contribution in [2.24, 2.45) is 0 Å². The van der Waals surface area contributed by atoms with E-state index in [4.69, 9.17) is 0 Å². The number of hydrogen-bond donors (Lipinski definition) is 1. The van der Waals surface area contributed by atoms with Crippen molar-refractivity contribution in [1.82, 2.24) is 5.32 Å². The van der Waals surface area contributed by atoms with Crippen molar-refractivity contribution in [3.05, 3.63) is 29.8 Å². The van der Waals surface area contributed by atoms with Crippen LogP contribution in [0.25, 0.3) is 0 Å². The summed E-state index contributed by atoms with van der Waals surface area (Å²) in [7, 11) is 0. The minimum atomic E-state index is 0.0153. The molecule has 82 valence electrons. The first-order chi connectivity index (χ1) is 7.15. The van der Waals surface area contributed by atoms with Crippen LogP contribution >= 0.6 is 11.8 Å². The van der Waals surface area contributed by atoms with Gasteiger partial charge < -0.3 is 5.32 Å². The van der Waals surface area contributed by atoms with Gasteiger partial charge >= 0.3 is 0 Å². The zero-order valence-electron chi connectivity index (χ0n) is 9.41. The number of carbonyl (C=O) groups excluding carboxylic acids is 1. The molecule has 0 unspecified atom stereocenters. The number of amides is 1. The summed E-state index contributed by atoms with van der Waals surface area (Å²) >= 11 is 1.70. The first-order valence-corrected chi connectivity index (χ1v) is 6.16. The van der Waals surface area contributed by atoms with Gasteiger partial charge in [0.15, 0.2) is 0 Å². The Hall–Kier alpha value is -0.960. The minimum absolute atomic E-state index is 0.0153. The van der Waals surface area contributed by atoms with Crippen LogP contribution in [-0.2, 0) is 0 Å². The Morgan fingerprint density at radius 3 is 2.67 bits per heavy atom. The molecule has 0 heterocycles. The Balaban J connectivity index is 2.87. The van der Waals surface area contributed by atoms with Gasteiger partial charge in [0.1, 0.15) is 0 Å². The van der Waals surface area contributed by atoms with Crippen LogP contribution in [0, 0.1) is 0 Å². The largest absolute Gasteiger partial charge is 0.350 e.